The average Bonchev–Trinajstić information content (AvgIpc) is 4.20. The van der Waals surface area contributed by atoms with Gasteiger partial charge in [-0.25, -0.2) is 28.9 Å². The summed E-state index contributed by atoms with van der Waals surface area (Å²) < 4.78 is 35.4. The smallest absolute Gasteiger partial charge is 0.407 e. The summed E-state index contributed by atoms with van der Waals surface area (Å²) in [6, 6.07) is 8.97. The summed E-state index contributed by atoms with van der Waals surface area (Å²) in [4.78, 5) is 77.3. The summed E-state index contributed by atoms with van der Waals surface area (Å²) in [5.41, 5.74) is 5.35. The van der Waals surface area contributed by atoms with Gasteiger partial charge in [-0.15, -0.1) is 11.3 Å². The second kappa shape index (κ2) is 19.5. The fraction of sp³-hybridized carbons (Fsp3) is 0.420. The number of imidazole rings is 2. The molecule has 4 amide bonds. The second-order valence-electron chi connectivity index (χ2n) is 18.3. The first-order valence-electron chi connectivity index (χ1n) is 23.4. The molecule has 4 aromatic heterocycles. The van der Waals surface area contributed by atoms with E-state index in [2.05, 4.69) is 27.5 Å². The SMILES string of the molecule is CCCc1ncc(C2Oc3cc(-c4cnc([C@@H]5CCCN5C(=O)C(C=C(C)C)NC(=O)OC)[nH]4)cc(F)c3-c3cc4cc(-c5cnc([C@@H]6CCCN6C(=O)[C@@H](NC(=O)OC)C(C)C)[nH]5)ccc4n32)s1. The van der Waals surface area contributed by atoms with E-state index in [1.54, 1.807) is 39.6 Å². The van der Waals surface area contributed by atoms with Gasteiger partial charge in [0.2, 0.25) is 18.0 Å². The zero-order valence-corrected chi connectivity index (χ0v) is 40.5. The number of allylic oxidation sites excluding steroid dienone is 1. The van der Waals surface area contributed by atoms with Crippen LogP contribution in [0.4, 0.5) is 14.0 Å². The minimum Gasteiger partial charge on any atom is -0.464 e. The molecule has 19 heteroatoms. The summed E-state index contributed by atoms with van der Waals surface area (Å²) in [6.07, 6.45) is 9.60. The maximum Gasteiger partial charge on any atom is 0.407 e. The van der Waals surface area contributed by atoms with Crippen LogP contribution in [0.25, 0.3) is 44.7 Å². The van der Waals surface area contributed by atoms with Crippen LogP contribution in [0.3, 0.4) is 0 Å². The van der Waals surface area contributed by atoms with Gasteiger partial charge in [-0.2, -0.15) is 0 Å². The lowest BCUT2D eigenvalue weighted by molar-refractivity contribution is -0.135. The monoisotopic (exact) mass is 960 g/mol. The number of hydrogen-bond acceptors (Lipinski definition) is 11. The number of amides is 4. The highest BCUT2D eigenvalue weighted by atomic mass is 32.1. The number of likely N-dealkylation sites (tertiary alicyclic amines) is 2. The van der Waals surface area contributed by atoms with Crippen molar-refractivity contribution in [1.82, 2.24) is 49.9 Å². The Labute approximate surface area is 402 Å². The number of nitrogens with zero attached hydrogens (tertiary/aromatic N) is 6. The summed E-state index contributed by atoms with van der Waals surface area (Å²) in [7, 11) is 2.53. The Balaban J connectivity index is 1.03. The van der Waals surface area contributed by atoms with Crippen molar-refractivity contribution in [3.8, 4) is 39.5 Å². The zero-order valence-electron chi connectivity index (χ0n) is 39.7. The van der Waals surface area contributed by atoms with E-state index in [4.69, 9.17) is 29.2 Å². The minimum atomic E-state index is -0.913. The van der Waals surface area contributed by atoms with E-state index in [1.807, 2.05) is 68.8 Å². The number of hydrogen-bond donors (Lipinski definition) is 4. The number of carbonyl (C=O) groups excluding carboxylic acids is 4. The molecular formula is C50H57FN10O7S. The molecule has 362 valence electrons. The second-order valence-corrected chi connectivity index (χ2v) is 19.5. The molecule has 2 aromatic carbocycles. The van der Waals surface area contributed by atoms with Gasteiger partial charge in [0.25, 0.3) is 0 Å². The van der Waals surface area contributed by atoms with Crippen LogP contribution in [0, 0.1) is 11.7 Å². The van der Waals surface area contributed by atoms with Gasteiger partial charge in [0.05, 0.1) is 76.7 Å². The van der Waals surface area contributed by atoms with E-state index in [-0.39, 0.29) is 29.8 Å². The lowest BCUT2D eigenvalue weighted by Crippen LogP contribution is -2.51. The Kier molecular flexibility index (Phi) is 13.3. The van der Waals surface area contributed by atoms with Crippen LogP contribution < -0.4 is 15.4 Å². The number of aryl methyl sites for hydroxylation is 1. The van der Waals surface area contributed by atoms with E-state index in [9.17, 15) is 19.2 Å². The molecule has 5 atom stereocenters. The van der Waals surface area contributed by atoms with Crippen molar-refractivity contribution in [2.75, 3.05) is 27.3 Å². The molecule has 3 aliphatic rings. The van der Waals surface area contributed by atoms with Crippen molar-refractivity contribution < 1.29 is 37.8 Å². The van der Waals surface area contributed by atoms with E-state index >= 15 is 4.39 Å². The molecule has 69 heavy (non-hydrogen) atoms. The molecule has 2 saturated heterocycles. The van der Waals surface area contributed by atoms with Crippen molar-refractivity contribution in [2.24, 2.45) is 5.92 Å². The Bertz CT molecular complexity index is 2950. The van der Waals surface area contributed by atoms with Gasteiger partial charge in [0, 0.05) is 35.8 Å². The first-order valence-corrected chi connectivity index (χ1v) is 24.2. The Hall–Kier alpha value is -7.02. The van der Waals surface area contributed by atoms with Crippen LogP contribution in [-0.2, 0) is 25.5 Å². The number of aromatic amines is 2. The maximum atomic E-state index is 16.9. The van der Waals surface area contributed by atoms with Crippen LogP contribution >= 0.6 is 11.3 Å². The largest absolute Gasteiger partial charge is 0.464 e. The Morgan fingerprint density at radius 3 is 2.16 bits per heavy atom. The van der Waals surface area contributed by atoms with Gasteiger partial charge in [0.15, 0.2) is 0 Å². The molecule has 0 bridgehead atoms. The van der Waals surface area contributed by atoms with Gasteiger partial charge in [-0.1, -0.05) is 38.5 Å². The average molecular weight is 961 g/mol. The maximum absolute atomic E-state index is 16.9. The number of aromatic nitrogens is 6. The molecule has 0 radical (unpaired) electrons. The number of rotatable bonds is 13. The molecule has 3 aliphatic heterocycles. The third-order valence-electron chi connectivity index (χ3n) is 13.0. The number of alkyl carbamates (subject to hydrolysis) is 2. The topological polar surface area (TPSA) is 202 Å². The Morgan fingerprint density at radius 2 is 1.52 bits per heavy atom. The number of benzene rings is 2. The van der Waals surface area contributed by atoms with Crippen LogP contribution in [0.2, 0.25) is 0 Å². The van der Waals surface area contributed by atoms with Gasteiger partial charge >= 0.3 is 12.2 Å². The molecule has 2 unspecified atom stereocenters. The van der Waals surface area contributed by atoms with Gasteiger partial charge in [-0.05, 0) is 88.6 Å². The molecule has 7 heterocycles. The van der Waals surface area contributed by atoms with Crippen LogP contribution in [0.15, 0.2) is 66.6 Å². The number of nitrogens with one attached hydrogen (secondary N) is 4. The summed E-state index contributed by atoms with van der Waals surface area (Å²) in [6.45, 7) is 10.6. The van der Waals surface area contributed by atoms with Crippen molar-refractivity contribution in [3.05, 3.63) is 94.0 Å². The van der Waals surface area contributed by atoms with Crippen molar-refractivity contribution in [3.63, 3.8) is 0 Å². The third kappa shape index (κ3) is 9.18. The summed E-state index contributed by atoms with van der Waals surface area (Å²) >= 11 is 1.57. The van der Waals surface area contributed by atoms with E-state index in [0.29, 0.717) is 59.4 Å². The number of methoxy groups -OCH3 is 2. The molecule has 9 rings (SSSR count). The lowest BCUT2D eigenvalue weighted by atomic mass is 10.0. The highest BCUT2D eigenvalue weighted by Gasteiger charge is 2.39. The highest BCUT2D eigenvalue weighted by Crippen LogP contribution is 2.48. The molecule has 2 fully saturated rings. The van der Waals surface area contributed by atoms with Crippen molar-refractivity contribution in [1.29, 1.82) is 0 Å². The van der Waals surface area contributed by atoms with Crippen LogP contribution in [0.1, 0.15) is 107 Å². The number of H-pyrrole nitrogens is 2. The Morgan fingerprint density at radius 1 is 0.870 bits per heavy atom. The quantitative estimate of drug-likeness (QED) is 0.0810. The summed E-state index contributed by atoms with van der Waals surface area (Å²) in [5, 5.41) is 7.18. The van der Waals surface area contributed by atoms with Gasteiger partial charge in [0.1, 0.15) is 35.3 Å². The first-order chi connectivity index (χ1) is 33.3. The molecule has 6 aromatic rings. The normalized spacial score (nSPS) is 18.4. The molecule has 4 N–H and O–H groups in total. The predicted molar refractivity (Wildman–Crippen MR) is 258 cm³/mol. The van der Waals surface area contributed by atoms with E-state index in [1.165, 1.54) is 20.3 Å². The number of carbonyl (C=O) groups is 4. The first kappa shape index (κ1) is 47.1. The number of ether oxygens (including phenoxy) is 3. The molecule has 0 spiro atoms. The predicted octanol–water partition coefficient (Wildman–Crippen LogP) is 8.97. The molecule has 17 nitrogen and oxygen atoms in total. The van der Waals surface area contributed by atoms with Crippen molar-refractivity contribution in [2.45, 2.75) is 104 Å². The fourth-order valence-electron chi connectivity index (χ4n) is 9.74. The number of fused-ring (bicyclic) bond motifs is 5. The molecular weight excluding hydrogens is 904 g/mol. The van der Waals surface area contributed by atoms with Crippen molar-refractivity contribution >= 4 is 46.2 Å². The van der Waals surface area contributed by atoms with Gasteiger partial charge in [-0.3, -0.25) is 14.2 Å². The molecule has 0 aliphatic carbocycles. The lowest BCUT2D eigenvalue weighted by Gasteiger charge is -2.30. The number of halogens is 1. The third-order valence-corrected chi connectivity index (χ3v) is 14.1. The minimum absolute atomic E-state index is 0.156. The summed E-state index contributed by atoms with van der Waals surface area (Å²) in [5.74, 6) is 0.464. The van der Waals surface area contributed by atoms with E-state index in [0.717, 1.165) is 69.7 Å². The van der Waals surface area contributed by atoms with Crippen LogP contribution in [0.5, 0.6) is 5.75 Å². The zero-order chi connectivity index (χ0) is 48.7. The number of thiazole rings is 1. The highest BCUT2D eigenvalue weighted by molar-refractivity contribution is 7.11. The fourth-order valence-corrected chi connectivity index (χ4v) is 10.8. The van der Waals surface area contributed by atoms with E-state index < -0.39 is 36.3 Å². The van der Waals surface area contributed by atoms with Crippen LogP contribution in [-0.4, -0.2) is 103 Å². The van der Waals surface area contributed by atoms with Gasteiger partial charge < -0.3 is 44.6 Å². The standard InChI is InChI=1S/C50H57FN10O7S/c1-8-11-41-52-25-40(69-41)48-61-35-15-14-28(33-23-53-45(55-33)37-13-10-17-60(37)47(63)43(27(4)5)58-50(65)67-7)19-30(35)21-38(61)42-31(51)20-29(22-39(42)68-48)34-24-54-44(56-34)36-12-9-16-59(36)46(62)32(18-26(2)3)57-49(64)66-6/h14-15,18-25,27,32,36-37,43,48H,8-13,16-17H2,1-7H3,(H,53,55)(H,54,56)(H,57,64)(H,58,65)/t32?,36-,37-,43-,48?/m0/s1. The molecule has 0 saturated carbocycles.